The molecule has 168 valence electrons. The van der Waals surface area contributed by atoms with Gasteiger partial charge in [-0.1, -0.05) is 30.3 Å². The first kappa shape index (κ1) is 21.3. The summed E-state index contributed by atoms with van der Waals surface area (Å²) >= 11 is 0. The Morgan fingerprint density at radius 3 is 2.48 bits per heavy atom. The van der Waals surface area contributed by atoms with E-state index in [9.17, 15) is 4.39 Å². The molecule has 0 spiro atoms. The second kappa shape index (κ2) is 9.55. The molecule has 0 aliphatic carbocycles. The predicted octanol–water partition coefficient (Wildman–Crippen LogP) is 5.36. The Hall–Kier alpha value is -3.51. The van der Waals surface area contributed by atoms with Gasteiger partial charge in [-0.2, -0.15) is 5.10 Å². The lowest BCUT2D eigenvalue weighted by Crippen LogP contribution is -2.38. The molecular formula is C27H28FN5. The zero-order valence-electron chi connectivity index (χ0n) is 18.8. The molecule has 2 aromatic carbocycles. The molecule has 1 aliphatic rings. The van der Waals surface area contributed by atoms with Crippen LogP contribution in [0, 0.1) is 5.82 Å². The molecule has 2 aromatic heterocycles. The van der Waals surface area contributed by atoms with Crippen LogP contribution in [0.3, 0.4) is 0 Å². The van der Waals surface area contributed by atoms with E-state index in [1.165, 1.54) is 17.7 Å². The normalized spacial score (nSPS) is 15.0. The van der Waals surface area contributed by atoms with Crippen LogP contribution in [-0.2, 0) is 13.6 Å². The minimum Gasteiger partial charge on any atom is -0.367 e. The zero-order chi connectivity index (χ0) is 22.6. The number of likely N-dealkylation sites (tertiary alicyclic amines) is 1. The van der Waals surface area contributed by atoms with Gasteiger partial charge >= 0.3 is 0 Å². The van der Waals surface area contributed by atoms with Crippen LogP contribution in [0.4, 0.5) is 10.2 Å². The number of nitrogens with zero attached hydrogens (tertiary/aromatic N) is 4. The number of hydrogen-bond acceptors (Lipinski definition) is 4. The number of aryl methyl sites for hydroxylation is 1. The van der Waals surface area contributed by atoms with E-state index in [1.54, 1.807) is 16.8 Å². The summed E-state index contributed by atoms with van der Waals surface area (Å²) in [6, 6.07) is 21.6. The summed E-state index contributed by atoms with van der Waals surface area (Å²) in [5.74, 6) is 0.629. The highest BCUT2D eigenvalue weighted by atomic mass is 19.1. The number of rotatable bonds is 6. The van der Waals surface area contributed by atoms with Crippen molar-refractivity contribution in [1.82, 2.24) is 19.7 Å². The zero-order valence-corrected chi connectivity index (χ0v) is 18.8. The van der Waals surface area contributed by atoms with Crippen LogP contribution in [0.15, 0.2) is 79.1 Å². The average Bonchev–Trinajstić information content (AvgIpc) is 3.23. The van der Waals surface area contributed by atoms with E-state index in [4.69, 9.17) is 0 Å². The van der Waals surface area contributed by atoms with E-state index < -0.39 is 0 Å². The Balaban J connectivity index is 1.27. The maximum absolute atomic E-state index is 13.4. The molecule has 0 unspecified atom stereocenters. The molecule has 4 aromatic rings. The molecule has 5 nitrogen and oxygen atoms in total. The summed E-state index contributed by atoms with van der Waals surface area (Å²) in [6.45, 7) is 3.15. The van der Waals surface area contributed by atoms with Crippen molar-refractivity contribution in [3.8, 4) is 22.4 Å². The van der Waals surface area contributed by atoms with Gasteiger partial charge in [0.1, 0.15) is 17.3 Å². The summed E-state index contributed by atoms with van der Waals surface area (Å²) in [7, 11) is 1.90. The molecule has 0 saturated carbocycles. The summed E-state index contributed by atoms with van der Waals surface area (Å²) in [5, 5.41) is 8.26. The first-order valence-electron chi connectivity index (χ1n) is 11.4. The Morgan fingerprint density at radius 1 is 0.970 bits per heavy atom. The lowest BCUT2D eigenvalue weighted by atomic mass is 10.0. The SMILES string of the molecule is Cn1cc(-c2ccnc(NC3CCN(Cc4ccccc4)CC3)c2)c(-c2ccc(F)cc2)n1. The van der Waals surface area contributed by atoms with E-state index in [-0.39, 0.29) is 5.82 Å². The van der Waals surface area contributed by atoms with Crippen LogP contribution in [0.2, 0.25) is 0 Å². The van der Waals surface area contributed by atoms with Gasteiger partial charge in [-0.25, -0.2) is 9.37 Å². The van der Waals surface area contributed by atoms with Gasteiger partial charge in [0.15, 0.2) is 0 Å². The smallest absolute Gasteiger partial charge is 0.126 e. The molecule has 0 bridgehead atoms. The van der Waals surface area contributed by atoms with E-state index in [0.717, 1.165) is 60.7 Å². The maximum Gasteiger partial charge on any atom is 0.126 e. The van der Waals surface area contributed by atoms with Crippen LogP contribution >= 0.6 is 0 Å². The summed E-state index contributed by atoms with van der Waals surface area (Å²) in [6.07, 6.45) is 6.02. The second-order valence-electron chi connectivity index (χ2n) is 8.68. The molecule has 1 saturated heterocycles. The number of aromatic nitrogens is 3. The Morgan fingerprint density at radius 2 is 1.73 bits per heavy atom. The van der Waals surface area contributed by atoms with Crippen molar-refractivity contribution in [2.75, 3.05) is 18.4 Å². The minimum atomic E-state index is -0.249. The fourth-order valence-corrected chi connectivity index (χ4v) is 4.48. The first-order chi connectivity index (χ1) is 16.1. The third kappa shape index (κ3) is 5.12. The van der Waals surface area contributed by atoms with Crippen LogP contribution in [0.5, 0.6) is 0 Å². The fraction of sp³-hybridized carbons (Fsp3) is 0.259. The Kier molecular flexibility index (Phi) is 6.17. The molecule has 1 aliphatic heterocycles. The van der Waals surface area contributed by atoms with Gasteiger partial charge in [0, 0.05) is 56.2 Å². The quantitative estimate of drug-likeness (QED) is 0.437. The number of anilines is 1. The van der Waals surface area contributed by atoms with Crippen molar-refractivity contribution in [3.05, 3.63) is 90.5 Å². The summed E-state index contributed by atoms with van der Waals surface area (Å²) in [5.41, 5.74) is 5.15. The lowest BCUT2D eigenvalue weighted by molar-refractivity contribution is 0.211. The molecule has 1 fully saturated rings. The van der Waals surface area contributed by atoms with Crippen molar-refractivity contribution in [2.24, 2.45) is 7.05 Å². The van der Waals surface area contributed by atoms with Crippen LogP contribution < -0.4 is 5.32 Å². The molecule has 6 heteroatoms. The van der Waals surface area contributed by atoms with E-state index in [2.05, 4.69) is 56.7 Å². The highest BCUT2D eigenvalue weighted by molar-refractivity contribution is 5.81. The topological polar surface area (TPSA) is 46.0 Å². The molecule has 1 N–H and O–H groups in total. The minimum absolute atomic E-state index is 0.249. The van der Waals surface area contributed by atoms with Crippen molar-refractivity contribution in [3.63, 3.8) is 0 Å². The number of nitrogens with one attached hydrogen (secondary N) is 1. The van der Waals surface area contributed by atoms with Gasteiger partial charge in [-0.05, 0) is 60.4 Å². The number of halogens is 1. The molecule has 0 amide bonds. The molecule has 5 rings (SSSR count). The molecule has 0 atom stereocenters. The van der Waals surface area contributed by atoms with E-state index in [0.29, 0.717) is 6.04 Å². The third-order valence-electron chi connectivity index (χ3n) is 6.21. The standard InChI is InChI=1S/C27H28FN5/c1-32-19-25(27(31-32)21-7-9-23(28)10-8-21)22-11-14-29-26(17-22)30-24-12-15-33(16-13-24)18-20-5-3-2-4-6-20/h2-11,14,17,19,24H,12-13,15-16,18H2,1H3,(H,29,30). The highest BCUT2D eigenvalue weighted by Gasteiger charge is 2.20. The highest BCUT2D eigenvalue weighted by Crippen LogP contribution is 2.32. The van der Waals surface area contributed by atoms with Crippen LogP contribution in [0.1, 0.15) is 18.4 Å². The van der Waals surface area contributed by atoms with Gasteiger partial charge in [-0.15, -0.1) is 0 Å². The largest absolute Gasteiger partial charge is 0.367 e. The summed E-state index contributed by atoms with van der Waals surface area (Å²) < 4.78 is 15.2. The van der Waals surface area contributed by atoms with Crippen molar-refractivity contribution < 1.29 is 4.39 Å². The van der Waals surface area contributed by atoms with Crippen molar-refractivity contribution in [2.45, 2.75) is 25.4 Å². The number of benzene rings is 2. The van der Waals surface area contributed by atoms with Crippen molar-refractivity contribution >= 4 is 5.82 Å². The van der Waals surface area contributed by atoms with E-state index in [1.807, 2.05) is 25.5 Å². The number of pyridine rings is 1. The fourth-order valence-electron chi connectivity index (χ4n) is 4.48. The van der Waals surface area contributed by atoms with Crippen LogP contribution in [-0.4, -0.2) is 38.8 Å². The molecular weight excluding hydrogens is 413 g/mol. The van der Waals surface area contributed by atoms with Gasteiger partial charge in [0.05, 0.1) is 0 Å². The lowest BCUT2D eigenvalue weighted by Gasteiger charge is -2.32. The first-order valence-corrected chi connectivity index (χ1v) is 11.4. The Labute approximate surface area is 193 Å². The van der Waals surface area contributed by atoms with Crippen molar-refractivity contribution in [1.29, 1.82) is 0 Å². The summed E-state index contributed by atoms with van der Waals surface area (Å²) in [4.78, 5) is 7.08. The second-order valence-corrected chi connectivity index (χ2v) is 8.68. The van der Waals surface area contributed by atoms with Gasteiger partial charge in [-0.3, -0.25) is 9.58 Å². The predicted molar refractivity (Wildman–Crippen MR) is 130 cm³/mol. The monoisotopic (exact) mass is 441 g/mol. The van der Waals surface area contributed by atoms with Gasteiger partial charge in [0.25, 0.3) is 0 Å². The van der Waals surface area contributed by atoms with E-state index >= 15 is 0 Å². The maximum atomic E-state index is 13.4. The molecule has 3 heterocycles. The van der Waals surface area contributed by atoms with Crippen LogP contribution in [0.25, 0.3) is 22.4 Å². The number of piperidine rings is 1. The molecule has 0 radical (unpaired) electrons. The molecule has 33 heavy (non-hydrogen) atoms. The van der Waals surface area contributed by atoms with Gasteiger partial charge < -0.3 is 5.32 Å². The Bertz CT molecular complexity index is 1190. The number of hydrogen-bond donors (Lipinski definition) is 1. The third-order valence-corrected chi connectivity index (χ3v) is 6.21. The average molecular weight is 442 g/mol. The van der Waals surface area contributed by atoms with Gasteiger partial charge in [0.2, 0.25) is 0 Å².